The van der Waals surface area contributed by atoms with Crippen LogP contribution < -0.4 is 5.32 Å². The number of rotatable bonds is 6. The Morgan fingerprint density at radius 3 is 2.86 bits per heavy atom. The Labute approximate surface area is 86.8 Å². The molecule has 3 heteroatoms. The van der Waals surface area contributed by atoms with Crippen molar-refractivity contribution in [3.8, 4) is 0 Å². The minimum atomic E-state index is -0.221. The standard InChI is InChI=1S/C11H23NO2/c1-9(2)12-8-10(13)5-6-11-4-3-7-14-11/h9-13H,3-8H2,1-2H3. The monoisotopic (exact) mass is 201 g/mol. The van der Waals surface area contributed by atoms with Crippen LogP contribution in [-0.2, 0) is 4.74 Å². The van der Waals surface area contributed by atoms with E-state index in [2.05, 4.69) is 19.2 Å². The third-order valence-electron chi connectivity index (χ3n) is 2.61. The third-order valence-corrected chi connectivity index (χ3v) is 2.61. The molecule has 3 nitrogen and oxygen atoms in total. The second kappa shape index (κ2) is 6.38. The Kier molecular flexibility index (Phi) is 5.45. The molecule has 1 fully saturated rings. The maximum absolute atomic E-state index is 9.64. The van der Waals surface area contributed by atoms with Gasteiger partial charge in [-0.25, -0.2) is 0 Å². The largest absolute Gasteiger partial charge is 0.392 e. The van der Waals surface area contributed by atoms with Crippen molar-refractivity contribution in [3.63, 3.8) is 0 Å². The van der Waals surface area contributed by atoms with Gasteiger partial charge in [0.2, 0.25) is 0 Å². The van der Waals surface area contributed by atoms with Crippen LogP contribution in [0, 0.1) is 0 Å². The number of ether oxygens (including phenoxy) is 1. The first-order valence-corrected chi connectivity index (χ1v) is 5.71. The highest BCUT2D eigenvalue weighted by Crippen LogP contribution is 2.17. The van der Waals surface area contributed by atoms with E-state index in [1.165, 1.54) is 12.8 Å². The summed E-state index contributed by atoms with van der Waals surface area (Å²) in [6, 6.07) is 0.451. The molecule has 0 radical (unpaired) electrons. The van der Waals surface area contributed by atoms with Crippen LogP contribution in [0.15, 0.2) is 0 Å². The molecule has 1 heterocycles. The normalized spacial score (nSPS) is 24.4. The number of hydrogen-bond acceptors (Lipinski definition) is 3. The van der Waals surface area contributed by atoms with Crippen LogP contribution in [0.1, 0.15) is 39.5 Å². The minimum Gasteiger partial charge on any atom is -0.392 e. The van der Waals surface area contributed by atoms with Crippen molar-refractivity contribution in [2.45, 2.75) is 57.8 Å². The first-order valence-electron chi connectivity index (χ1n) is 5.71. The summed E-state index contributed by atoms with van der Waals surface area (Å²) in [6.45, 7) is 5.79. The summed E-state index contributed by atoms with van der Waals surface area (Å²) in [6.07, 6.45) is 4.39. The average Bonchev–Trinajstić information content (AvgIpc) is 2.63. The summed E-state index contributed by atoms with van der Waals surface area (Å²) in [4.78, 5) is 0. The second-order valence-electron chi connectivity index (χ2n) is 4.43. The van der Waals surface area contributed by atoms with Crippen molar-refractivity contribution in [1.82, 2.24) is 5.32 Å². The summed E-state index contributed by atoms with van der Waals surface area (Å²) < 4.78 is 5.50. The van der Waals surface area contributed by atoms with Gasteiger partial charge < -0.3 is 15.2 Å². The minimum absolute atomic E-state index is 0.221. The molecule has 1 rings (SSSR count). The van der Waals surface area contributed by atoms with E-state index in [1.54, 1.807) is 0 Å². The Hall–Kier alpha value is -0.120. The van der Waals surface area contributed by atoms with Crippen LogP contribution in [0.5, 0.6) is 0 Å². The first kappa shape index (κ1) is 12.0. The fourth-order valence-electron chi connectivity index (χ4n) is 1.72. The Balaban J connectivity index is 1.99. The first-order chi connectivity index (χ1) is 6.68. The van der Waals surface area contributed by atoms with Gasteiger partial charge in [-0.3, -0.25) is 0 Å². The molecule has 1 aliphatic rings. The van der Waals surface area contributed by atoms with Gasteiger partial charge in [-0.15, -0.1) is 0 Å². The van der Waals surface area contributed by atoms with Gasteiger partial charge in [-0.2, -0.15) is 0 Å². The number of hydrogen-bond donors (Lipinski definition) is 2. The van der Waals surface area contributed by atoms with E-state index in [1.807, 2.05) is 0 Å². The van der Waals surface area contributed by atoms with Gasteiger partial charge >= 0.3 is 0 Å². The fraction of sp³-hybridized carbons (Fsp3) is 1.00. The molecule has 2 unspecified atom stereocenters. The summed E-state index contributed by atoms with van der Waals surface area (Å²) in [5.41, 5.74) is 0. The van der Waals surface area contributed by atoms with Gasteiger partial charge in [0.1, 0.15) is 0 Å². The lowest BCUT2D eigenvalue weighted by molar-refractivity contribution is 0.0806. The average molecular weight is 201 g/mol. The fourth-order valence-corrected chi connectivity index (χ4v) is 1.72. The lowest BCUT2D eigenvalue weighted by Crippen LogP contribution is -2.32. The summed E-state index contributed by atoms with van der Waals surface area (Å²) in [7, 11) is 0. The van der Waals surface area contributed by atoms with Crippen molar-refractivity contribution >= 4 is 0 Å². The molecular weight excluding hydrogens is 178 g/mol. The number of aliphatic hydroxyl groups is 1. The van der Waals surface area contributed by atoms with Crippen LogP contribution in [0.4, 0.5) is 0 Å². The van der Waals surface area contributed by atoms with Gasteiger partial charge in [-0.1, -0.05) is 13.8 Å². The molecule has 14 heavy (non-hydrogen) atoms. The molecule has 0 amide bonds. The van der Waals surface area contributed by atoms with Crippen LogP contribution in [0.2, 0.25) is 0 Å². The highest BCUT2D eigenvalue weighted by atomic mass is 16.5. The topological polar surface area (TPSA) is 41.5 Å². The van der Waals surface area contributed by atoms with Crippen LogP contribution in [-0.4, -0.2) is 36.5 Å². The molecule has 0 aromatic heterocycles. The highest BCUT2D eigenvalue weighted by Gasteiger charge is 2.16. The van der Waals surface area contributed by atoms with Crippen LogP contribution in [0.3, 0.4) is 0 Å². The summed E-state index contributed by atoms with van der Waals surface area (Å²) >= 11 is 0. The number of nitrogens with one attached hydrogen (secondary N) is 1. The zero-order valence-electron chi connectivity index (χ0n) is 9.33. The lowest BCUT2D eigenvalue weighted by Gasteiger charge is -2.15. The summed E-state index contributed by atoms with van der Waals surface area (Å²) in [5, 5.41) is 12.9. The molecular formula is C11H23NO2. The Bertz CT molecular complexity index is 144. The maximum Gasteiger partial charge on any atom is 0.0665 e. The van der Waals surface area contributed by atoms with Crippen molar-refractivity contribution in [2.24, 2.45) is 0 Å². The van der Waals surface area contributed by atoms with E-state index in [4.69, 9.17) is 4.74 Å². The molecule has 0 aliphatic carbocycles. The quantitative estimate of drug-likeness (QED) is 0.680. The molecule has 0 bridgehead atoms. The van der Waals surface area contributed by atoms with E-state index in [9.17, 15) is 5.11 Å². The molecule has 0 spiro atoms. The van der Waals surface area contributed by atoms with Crippen LogP contribution >= 0.6 is 0 Å². The van der Waals surface area contributed by atoms with E-state index in [0.29, 0.717) is 18.7 Å². The molecule has 0 aromatic carbocycles. The molecule has 1 aliphatic heterocycles. The van der Waals surface area contributed by atoms with Crippen molar-refractivity contribution in [3.05, 3.63) is 0 Å². The van der Waals surface area contributed by atoms with E-state index in [-0.39, 0.29) is 6.10 Å². The molecule has 0 saturated carbocycles. The van der Waals surface area contributed by atoms with E-state index in [0.717, 1.165) is 19.4 Å². The molecule has 1 saturated heterocycles. The second-order valence-corrected chi connectivity index (χ2v) is 4.43. The maximum atomic E-state index is 9.64. The van der Waals surface area contributed by atoms with Gasteiger partial charge in [0.25, 0.3) is 0 Å². The zero-order chi connectivity index (χ0) is 10.4. The zero-order valence-corrected chi connectivity index (χ0v) is 9.33. The molecule has 84 valence electrons. The van der Waals surface area contributed by atoms with E-state index >= 15 is 0 Å². The predicted octanol–water partition coefficient (Wildman–Crippen LogP) is 1.30. The smallest absolute Gasteiger partial charge is 0.0665 e. The van der Waals surface area contributed by atoms with Crippen molar-refractivity contribution < 1.29 is 9.84 Å². The van der Waals surface area contributed by atoms with Gasteiger partial charge in [0, 0.05) is 19.2 Å². The Morgan fingerprint density at radius 1 is 1.50 bits per heavy atom. The van der Waals surface area contributed by atoms with Gasteiger partial charge in [-0.05, 0) is 25.7 Å². The number of aliphatic hydroxyl groups excluding tert-OH is 1. The summed E-state index contributed by atoms with van der Waals surface area (Å²) in [5.74, 6) is 0. The van der Waals surface area contributed by atoms with Crippen LogP contribution in [0.25, 0.3) is 0 Å². The van der Waals surface area contributed by atoms with Gasteiger partial charge in [0.05, 0.1) is 12.2 Å². The molecule has 2 atom stereocenters. The van der Waals surface area contributed by atoms with Gasteiger partial charge in [0.15, 0.2) is 0 Å². The predicted molar refractivity (Wildman–Crippen MR) is 57.4 cm³/mol. The lowest BCUT2D eigenvalue weighted by atomic mass is 10.1. The highest BCUT2D eigenvalue weighted by molar-refractivity contribution is 4.69. The molecule has 0 aromatic rings. The third kappa shape index (κ3) is 4.94. The van der Waals surface area contributed by atoms with Crippen molar-refractivity contribution in [1.29, 1.82) is 0 Å². The van der Waals surface area contributed by atoms with Crippen molar-refractivity contribution in [2.75, 3.05) is 13.2 Å². The van der Waals surface area contributed by atoms with E-state index < -0.39 is 0 Å². The SMILES string of the molecule is CC(C)NCC(O)CCC1CCCO1. The Morgan fingerprint density at radius 2 is 2.29 bits per heavy atom. The molecule has 2 N–H and O–H groups in total.